The molecule has 0 radical (unpaired) electrons. The minimum absolute atomic E-state index is 0.152. The topological polar surface area (TPSA) is 66.4 Å². The minimum Gasteiger partial charge on any atom is -0.481 e. The van der Waals surface area contributed by atoms with Gasteiger partial charge >= 0.3 is 5.97 Å². The van der Waals surface area contributed by atoms with E-state index < -0.39 is 29.4 Å². The summed E-state index contributed by atoms with van der Waals surface area (Å²) in [7, 11) is 0. The fraction of sp³-hybridized carbons (Fsp3) is 0.467. The second kappa shape index (κ2) is 6.20. The Hall–Kier alpha value is -1.98. The lowest BCUT2D eigenvalue weighted by Gasteiger charge is -2.13. The van der Waals surface area contributed by atoms with E-state index in [4.69, 9.17) is 5.11 Å². The monoisotopic (exact) mass is 297 g/mol. The Morgan fingerprint density at radius 2 is 2.05 bits per heavy atom. The molecule has 1 aliphatic rings. The van der Waals surface area contributed by atoms with Crippen molar-refractivity contribution in [3.05, 3.63) is 35.4 Å². The SMILES string of the molecule is C[C@H](CCc1ccc(F)c(F)c1)NC(=O)[C@H]1C[C@@H]1C(=O)O. The Balaban J connectivity index is 1.77. The molecule has 3 atom stereocenters. The van der Waals surface area contributed by atoms with E-state index in [-0.39, 0.29) is 11.9 Å². The number of benzene rings is 1. The van der Waals surface area contributed by atoms with Crippen molar-refractivity contribution in [1.29, 1.82) is 0 Å². The normalized spacial score (nSPS) is 21.7. The van der Waals surface area contributed by atoms with E-state index in [1.807, 2.05) is 0 Å². The molecule has 0 aromatic heterocycles. The highest BCUT2D eigenvalue weighted by atomic mass is 19.2. The number of carboxylic acids is 1. The number of hydrogen-bond acceptors (Lipinski definition) is 2. The van der Waals surface area contributed by atoms with Gasteiger partial charge in [0.15, 0.2) is 11.6 Å². The van der Waals surface area contributed by atoms with Crippen LogP contribution in [0.15, 0.2) is 18.2 Å². The lowest BCUT2D eigenvalue weighted by Crippen LogP contribution is -2.34. The number of nitrogens with one attached hydrogen (secondary N) is 1. The maximum absolute atomic E-state index is 13.0. The van der Waals surface area contributed by atoms with Crippen molar-refractivity contribution in [3.8, 4) is 0 Å². The molecule has 21 heavy (non-hydrogen) atoms. The van der Waals surface area contributed by atoms with Crippen molar-refractivity contribution in [1.82, 2.24) is 5.32 Å². The predicted octanol–water partition coefficient (Wildman–Crippen LogP) is 2.12. The van der Waals surface area contributed by atoms with E-state index in [0.29, 0.717) is 24.8 Å². The first kappa shape index (κ1) is 15.4. The first-order valence-electron chi connectivity index (χ1n) is 6.85. The zero-order valence-corrected chi connectivity index (χ0v) is 11.6. The number of rotatable bonds is 6. The van der Waals surface area contributed by atoms with Gasteiger partial charge in [0.25, 0.3) is 0 Å². The maximum Gasteiger partial charge on any atom is 0.307 e. The molecule has 0 bridgehead atoms. The van der Waals surface area contributed by atoms with Crippen LogP contribution in [-0.4, -0.2) is 23.0 Å². The van der Waals surface area contributed by atoms with Crippen LogP contribution < -0.4 is 5.32 Å². The van der Waals surface area contributed by atoms with Crippen molar-refractivity contribution in [2.75, 3.05) is 0 Å². The number of amides is 1. The van der Waals surface area contributed by atoms with Gasteiger partial charge in [0, 0.05) is 6.04 Å². The Kier molecular flexibility index (Phi) is 4.55. The highest BCUT2D eigenvalue weighted by Crippen LogP contribution is 2.38. The molecule has 2 rings (SSSR count). The van der Waals surface area contributed by atoms with Crippen LogP contribution in [0, 0.1) is 23.5 Å². The largest absolute Gasteiger partial charge is 0.481 e. The molecule has 2 N–H and O–H groups in total. The predicted molar refractivity (Wildman–Crippen MR) is 71.5 cm³/mol. The van der Waals surface area contributed by atoms with Crippen LogP contribution in [-0.2, 0) is 16.0 Å². The number of carbonyl (C=O) groups is 2. The van der Waals surface area contributed by atoms with Crippen LogP contribution in [0.3, 0.4) is 0 Å². The van der Waals surface area contributed by atoms with Gasteiger partial charge in [-0.1, -0.05) is 6.07 Å². The highest BCUT2D eigenvalue weighted by molar-refractivity contribution is 5.89. The molecule has 1 amide bonds. The lowest BCUT2D eigenvalue weighted by molar-refractivity contribution is -0.140. The molecule has 0 unspecified atom stereocenters. The van der Waals surface area contributed by atoms with Gasteiger partial charge in [-0.2, -0.15) is 0 Å². The van der Waals surface area contributed by atoms with Crippen molar-refractivity contribution >= 4 is 11.9 Å². The number of carbonyl (C=O) groups excluding carboxylic acids is 1. The molecule has 1 aromatic carbocycles. The smallest absolute Gasteiger partial charge is 0.307 e. The summed E-state index contributed by atoms with van der Waals surface area (Å²) in [6.07, 6.45) is 1.46. The van der Waals surface area contributed by atoms with E-state index in [9.17, 15) is 18.4 Å². The third kappa shape index (κ3) is 4.00. The molecule has 4 nitrogen and oxygen atoms in total. The molecule has 0 aliphatic heterocycles. The molecule has 0 saturated heterocycles. The summed E-state index contributed by atoms with van der Waals surface area (Å²) in [5, 5.41) is 11.5. The van der Waals surface area contributed by atoms with E-state index in [1.165, 1.54) is 6.07 Å². The summed E-state index contributed by atoms with van der Waals surface area (Å²) in [5.41, 5.74) is 0.657. The Bertz CT molecular complexity index is 562. The van der Waals surface area contributed by atoms with Crippen molar-refractivity contribution < 1.29 is 23.5 Å². The zero-order chi connectivity index (χ0) is 15.6. The number of aryl methyl sites for hydroxylation is 1. The van der Waals surface area contributed by atoms with Crippen LogP contribution in [0.25, 0.3) is 0 Å². The number of aliphatic carboxylic acids is 1. The fourth-order valence-corrected chi connectivity index (χ4v) is 2.26. The van der Waals surface area contributed by atoms with Crippen LogP contribution in [0.2, 0.25) is 0 Å². The number of carboxylic acid groups (broad SMARTS) is 1. The third-order valence-corrected chi connectivity index (χ3v) is 3.68. The molecular formula is C15H17F2NO3. The number of hydrogen-bond donors (Lipinski definition) is 2. The molecule has 6 heteroatoms. The van der Waals surface area contributed by atoms with E-state index in [2.05, 4.69) is 5.32 Å². The number of halogens is 2. The van der Waals surface area contributed by atoms with Gasteiger partial charge in [-0.15, -0.1) is 0 Å². The Labute approximate surface area is 121 Å². The molecule has 1 aromatic rings. The average molecular weight is 297 g/mol. The lowest BCUT2D eigenvalue weighted by atomic mass is 10.1. The van der Waals surface area contributed by atoms with Crippen LogP contribution in [0.5, 0.6) is 0 Å². The molecule has 0 heterocycles. The summed E-state index contributed by atoms with van der Waals surface area (Å²) < 4.78 is 25.8. The second-order valence-electron chi connectivity index (χ2n) is 5.48. The third-order valence-electron chi connectivity index (χ3n) is 3.68. The summed E-state index contributed by atoms with van der Waals surface area (Å²) in [4.78, 5) is 22.4. The Morgan fingerprint density at radius 3 is 2.62 bits per heavy atom. The first-order valence-corrected chi connectivity index (χ1v) is 6.85. The molecular weight excluding hydrogens is 280 g/mol. The molecule has 1 saturated carbocycles. The van der Waals surface area contributed by atoms with Crippen LogP contribution in [0.1, 0.15) is 25.3 Å². The van der Waals surface area contributed by atoms with E-state index >= 15 is 0 Å². The fourth-order valence-electron chi connectivity index (χ4n) is 2.26. The first-order chi connectivity index (χ1) is 9.88. The standard InChI is InChI=1S/C15H17F2NO3/c1-8(18-14(19)10-7-11(10)15(20)21)2-3-9-4-5-12(16)13(17)6-9/h4-6,8,10-11H,2-3,7H2,1H3,(H,18,19)(H,20,21)/t8-,10+,11+/m1/s1. The average Bonchev–Trinajstić information content (AvgIpc) is 3.20. The molecule has 1 aliphatic carbocycles. The Morgan fingerprint density at radius 1 is 1.33 bits per heavy atom. The van der Waals surface area contributed by atoms with Gasteiger partial charge in [0.2, 0.25) is 5.91 Å². The minimum atomic E-state index is -0.940. The zero-order valence-electron chi connectivity index (χ0n) is 11.6. The second-order valence-corrected chi connectivity index (χ2v) is 5.48. The maximum atomic E-state index is 13.0. The van der Waals surface area contributed by atoms with E-state index in [1.54, 1.807) is 6.92 Å². The van der Waals surface area contributed by atoms with Gasteiger partial charge < -0.3 is 10.4 Å². The van der Waals surface area contributed by atoms with Crippen molar-refractivity contribution in [2.45, 2.75) is 32.2 Å². The van der Waals surface area contributed by atoms with Gasteiger partial charge in [-0.3, -0.25) is 9.59 Å². The van der Waals surface area contributed by atoms with Crippen molar-refractivity contribution in [2.24, 2.45) is 11.8 Å². The highest BCUT2D eigenvalue weighted by Gasteiger charge is 2.48. The van der Waals surface area contributed by atoms with E-state index in [0.717, 1.165) is 12.1 Å². The molecule has 114 valence electrons. The summed E-state index contributed by atoms with van der Waals surface area (Å²) in [6, 6.07) is 3.58. The van der Waals surface area contributed by atoms with Crippen LogP contribution >= 0.6 is 0 Å². The van der Waals surface area contributed by atoms with Gasteiger partial charge in [-0.05, 0) is 43.9 Å². The summed E-state index contributed by atoms with van der Waals surface area (Å²) in [6.45, 7) is 1.80. The summed E-state index contributed by atoms with van der Waals surface area (Å²) >= 11 is 0. The van der Waals surface area contributed by atoms with Gasteiger partial charge in [0.05, 0.1) is 11.8 Å². The summed E-state index contributed by atoms with van der Waals surface area (Å²) in [5.74, 6) is -3.96. The quantitative estimate of drug-likeness (QED) is 0.845. The van der Waals surface area contributed by atoms with Gasteiger partial charge in [0.1, 0.15) is 0 Å². The molecule has 1 fully saturated rings. The molecule has 0 spiro atoms. The van der Waals surface area contributed by atoms with Crippen LogP contribution in [0.4, 0.5) is 8.78 Å². The van der Waals surface area contributed by atoms with Gasteiger partial charge in [-0.25, -0.2) is 8.78 Å². The van der Waals surface area contributed by atoms with Crippen molar-refractivity contribution in [3.63, 3.8) is 0 Å².